The Bertz CT molecular complexity index is 376. The van der Waals surface area contributed by atoms with E-state index in [4.69, 9.17) is 5.11 Å². The zero-order valence-corrected chi connectivity index (χ0v) is 9.37. The van der Waals surface area contributed by atoms with Crippen molar-refractivity contribution >= 4 is 22.3 Å². The maximum absolute atomic E-state index is 10.8. The van der Waals surface area contributed by atoms with Gasteiger partial charge in [0.2, 0.25) is 0 Å². The monoisotopic (exact) mass is 229 g/mol. The first-order valence-corrected chi connectivity index (χ1v) is 6.41. The smallest absolute Gasteiger partial charge is 0.104 e. The van der Waals surface area contributed by atoms with E-state index in [0.29, 0.717) is 6.54 Å². The van der Waals surface area contributed by atoms with Crippen LogP contribution in [0.1, 0.15) is 10.4 Å². The SMILES string of the molecule is CS(=O)NCc1sccc1C#CCO. The largest absolute Gasteiger partial charge is 0.384 e. The van der Waals surface area contributed by atoms with E-state index in [2.05, 4.69) is 16.6 Å². The Hall–Kier alpha value is -0.670. The van der Waals surface area contributed by atoms with Gasteiger partial charge >= 0.3 is 0 Å². The summed E-state index contributed by atoms with van der Waals surface area (Å²) >= 11 is 1.56. The molecule has 1 aromatic heterocycles. The molecule has 2 N–H and O–H groups in total. The van der Waals surface area contributed by atoms with Crippen molar-refractivity contribution in [2.24, 2.45) is 0 Å². The lowest BCUT2D eigenvalue weighted by Crippen LogP contribution is -2.14. The fourth-order valence-electron chi connectivity index (χ4n) is 0.891. The summed E-state index contributed by atoms with van der Waals surface area (Å²) in [4.78, 5) is 1.04. The van der Waals surface area contributed by atoms with E-state index >= 15 is 0 Å². The van der Waals surface area contributed by atoms with Gasteiger partial charge in [-0.1, -0.05) is 11.8 Å². The third kappa shape index (κ3) is 3.60. The van der Waals surface area contributed by atoms with E-state index in [1.165, 1.54) is 0 Å². The van der Waals surface area contributed by atoms with E-state index in [0.717, 1.165) is 10.4 Å². The van der Waals surface area contributed by atoms with Gasteiger partial charge in [0.1, 0.15) is 6.61 Å². The van der Waals surface area contributed by atoms with Crippen molar-refractivity contribution in [2.45, 2.75) is 6.54 Å². The fourth-order valence-corrected chi connectivity index (χ4v) is 2.10. The standard InChI is InChI=1S/C9H11NO2S2/c1-14(12)10-7-9-8(3-2-5-11)4-6-13-9/h4,6,10-11H,5,7H2,1H3. The second-order valence-corrected chi connectivity index (χ2v) is 4.69. The van der Waals surface area contributed by atoms with E-state index in [9.17, 15) is 4.21 Å². The summed E-state index contributed by atoms with van der Waals surface area (Å²) in [5.41, 5.74) is 0.891. The van der Waals surface area contributed by atoms with Crippen LogP contribution in [-0.2, 0) is 17.5 Å². The Morgan fingerprint density at radius 3 is 3.14 bits per heavy atom. The molecule has 0 amide bonds. The van der Waals surface area contributed by atoms with Crippen LogP contribution in [0.25, 0.3) is 0 Å². The predicted octanol–water partition coefficient (Wildman–Crippen LogP) is 0.475. The minimum atomic E-state index is -1.01. The van der Waals surface area contributed by atoms with Crippen LogP contribution in [0.5, 0.6) is 0 Å². The summed E-state index contributed by atoms with van der Waals surface area (Å²) in [5, 5.41) is 10.5. The van der Waals surface area contributed by atoms with Crippen LogP contribution >= 0.6 is 11.3 Å². The van der Waals surface area contributed by atoms with E-state index in [1.54, 1.807) is 17.6 Å². The summed E-state index contributed by atoms with van der Waals surface area (Å²) in [7, 11) is -1.01. The van der Waals surface area contributed by atoms with Gasteiger partial charge in [0, 0.05) is 23.2 Å². The Balaban J connectivity index is 2.67. The molecule has 1 rings (SSSR count). The topological polar surface area (TPSA) is 49.3 Å². The Labute approximate surface area is 89.7 Å². The Kier molecular flexibility index (Phi) is 4.84. The maximum Gasteiger partial charge on any atom is 0.104 e. The third-order valence-corrected chi connectivity index (χ3v) is 2.96. The molecule has 76 valence electrons. The van der Waals surface area contributed by atoms with Gasteiger partial charge < -0.3 is 5.11 Å². The van der Waals surface area contributed by atoms with Crippen LogP contribution in [0.2, 0.25) is 0 Å². The predicted molar refractivity (Wildman–Crippen MR) is 59.2 cm³/mol. The van der Waals surface area contributed by atoms with Crippen molar-refractivity contribution in [2.75, 3.05) is 12.9 Å². The van der Waals surface area contributed by atoms with E-state index in [1.807, 2.05) is 11.4 Å². The molecule has 0 aliphatic rings. The molecule has 3 nitrogen and oxygen atoms in total. The van der Waals surface area contributed by atoms with Crippen LogP contribution in [0.3, 0.4) is 0 Å². The zero-order chi connectivity index (χ0) is 10.4. The van der Waals surface area contributed by atoms with Gasteiger partial charge in [0.05, 0.1) is 11.0 Å². The Morgan fingerprint density at radius 2 is 2.50 bits per heavy atom. The average Bonchev–Trinajstić information content (AvgIpc) is 2.58. The highest BCUT2D eigenvalue weighted by molar-refractivity contribution is 7.82. The molecule has 0 radical (unpaired) electrons. The van der Waals surface area contributed by atoms with Gasteiger partial charge in [-0.2, -0.15) is 0 Å². The lowest BCUT2D eigenvalue weighted by Gasteiger charge is -1.98. The highest BCUT2D eigenvalue weighted by atomic mass is 32.2. The minimum absolute atomic E-state index is 0.136. The molecule has 0 saturated heterocycles. The molecular weight excluding hydrogens is 218 g/mol. The summed E-state index contributed by atoms with van der Waals surface area (Å²) in [5.74, 6) is 5.43. The molecule has 0 aliphatic heterocycles. The molecule has 5 heteroatoms. The van der Waals surface area contributed by atoms with E-state index in [-0.39, 0.29) is 6.61 Å². The molecule has 14 heavy (non-hydrogen) atoms. The van der Waals surface area contributed by atoms with Gasteiger partial charge in [0.25, 0.3) is 0 Å². The van der Waals surface area contributed by atoms with Crippen molar-refractivity contribution in [3.05, 3.63) is 21.9 Å². The molecule has 0 spiro atoms. The number of hydrogen-bond donors (Lipinski definition) is 2. The van der Waals surface area contributed by atoms with Crippen molar-refractivity contribution in [3.63, 3.8) is 0 Å². The van der Waals surface area contributed by atoms with Gasteiger partial charge in [-0.25, -0.2) is 8.93 Å². The average molecular weight is 229 g/mol. The zero-order valence-electron chi connectivity index (χ0n) is 7.74. The van der Waals surface area contributed by atoms with Crippen LogP contribution in [0.15, 0.2) is 11.4 Å². The van der Waals surface area contributed by atoms with Crippen LogP contribution in [0.4, 0.5) is 0 Å². The van der Waals surface area contributed by atoms with Crippen LogP contribution in [0, 0.1) is 11.8 Å². The molecule has 1 heterocycles. The van der Waals surface area contributed by atoms with Gasteiger partial charge in [-0.3, -0.25) is 0 Å². The summed E-state index contributed by atoms with van der Waals surface area (Å²) in [6.45, 7) is 0.415. The van der Waals surface area contributed by atoms with Crippen molar-refractivity contribution in [1.82, 2.24) is 4.72 Å². The maximum atomic E-state index is 10.8. The Morgan fingerprint density at radius 1 is 1.71 bits per heavy atom. The van der Waals surface area contributed by atoms with Crippen LogP contribution in [-0.4, -0.2) is 22.2 Å². The quantitative estimate of drug-likeness (QED) is 0.741. The second-order valence-electron chi connectivity index (χ2n) is 2.49. The first-order chi connectivity index (χ1) is 6.74. The molecule has 1 atom stereocenters. The van der Waals surface area contributed by atoms with Gasteiger partial charge in [-0.05, 0) is 11.4 Å². The molecule has 0 saturated carbocycles. The fraction of sp³-hybridized carbons (Fsp3) is 0.333. The highest BCUT2D eigenvalue weighted by Crippen LogP contribution is 2.15. The number of rotatable bonds is 3. The second kappa shape index (κ2) is 5.94. The number of aliphatic hydroxyl groups is 1. The number of hydrogen-bond acceptors (Lipinski definition) is 3. The van der Waals surface area contributed by atoms with Crippen molar-refractivity contribution < 1.29 is 9.32 Å². The molecule has 0 aromatic carbocycles. The number of aliphatic hydroxyl groups excluding tert-OH is 1. The normalized spacial score (nSPS) is 11.9. The van der Waals surface area contributed by atoms with Crippen molar-refractivity contribution in [1.29, 1.82) is 0 Å². The van der Waals surface area contributed by atoms with Gasteiger partial charge in [-0.15, -0.1) is 11.3 Å². The lowest BCUT2D eigenvalue weighted by atomic mass is 10.2. The van der Waals surface area contributed by atoms with Crippen LogP contribution < -0.4 is 4.72 Å². The number of thiophene rings is 1. The molecule has 0 aliphatic carbocycles. The lowest BCUT2D eigenvalue weighted by molar-refractivity contribution is 0.350. The van der Waals surface area contributed by atoms with E-state index < -0.39 is 11.0 Å². The molecule has 0 bridgehead atoms. The minimum Gasteiger partial charge on any atom is -0.384 e. The molecule has 0 fully saturated rings. The van der Waals surface area contributed by atoms with Gasteiger partial charge in [0.15, 0.2) is 0 Å². The molecular formula is C9H11NO2S2. The summed E-state index contributed by atoms with van der Waals surface area (Å²) < 4.78 is 13.6. The van der Waals surface area contributed by atoms with Crippen molar-refractivity contribution in [3.8, 4) is 11.8 Å². The molecule has 1 aromatic rings. The first-order valence-electron chi connectivity index (χ1n) is 3.97. The summed E-state index contributed by atoms with van der Waals surface area (Å²) in [6, 6.07) is 1.89. The first kappa shape index (κ1) is 11.4. The highest BCUT2D eigenvalue weighted by Gasteiger charge is 2.01. The summed E-state index contributed by atoms with van der Waals surface area (Å²) in [6.07, 6.45) is 1.59. The molecule has 1 unspecified atom stereocenters. The third-order valence-electron chi connectivity index (χ3n) is 1.48. The number of nitrogens with one attached hydrogen (secondary N) is 1.